The Morgan fingerprint density at radius 1 is 1.24 bits per heavy atom. The lowest BCUT2D eigenvalue weighted by molar-refractivity contribution is 0.101. The quantitative estimate of drug-likeness (QED) is 0.829. The molecule has 1 amide bonds. The lowest BCUT2D eigenvalue weighted by Gasteiger charge is -2.08. The lowest BCUT2D eigenvalue weighted by atomic mass is 10.2. The number of aryl methyl sites for hydroxylation is 1. The second-order valence-electron chi connectivity index (χ2n) is 3.64. The first kappa shape index (κ1) is 11.1. The van der Waals surface area contributed by atoms with Crippen LogP contribution in [0.3, 0.4) is 0 Å². The third-order valence-corrected chi connectivity index (χ3v) is 2.39. The monoisotopic (exact) mass is 228 g/mol. The number of nitrogens with one attached hydrogen (secondary N) is 1. The Kier molecular flexibility index (Phi) is 3.05. The van der Waals surface area contributed by atoms with Crippen molar-refractivity contribution in [3.8, 4) is 5.75 Å². The van der Waals surface area contributed by atoms with Crippen LogP contribution in [-0.2, 0) is 0 Å². The van der Waals surface area contributed by atoms with E-state index < -0.39 is 5.91 Å². The molecule has 0 unspecified atom stereocenters. The number of rotatable bonds is 2. The van der Waals surface area contributed by atoms with Crippen molar-refractivity contribution in [3.63, 3.8) is 0 Å². The molecule has 0 saturated heterocycles. The fourth-order valence-corrected chi connectivity index (χ4v) is 1.47. The number of amides is 1. The summed E-state index contributed by atoms with van der Waals surface area (Å²) in [4.78, 5) is 15.7. The van der Waals surface area contributed by atoms with Crippen LogP contribution in [0.2, 0.25) is 0 Å². The van der Waals surface area contributed by atoms with Crippen LogP contribution in [0.4, 0.5) is 5.69 Å². The molecular formula is C13H12N2O2. The van der Waals surface area contributed by atoms with Crippen molar-refractivity contribution in [3.05, 3.63) is 53.9 Å². The van der Waals surface area contributed by atoms with E-state index >= 15 is 0 Å². The van der Waals surface area contributed by atoms with Crippen LogP contribution in [-0.4, -0.2) is 16.0 Å². The fraction of sp³-hybridized carbons (Fsp3) is 0.0769. The molecule has 2 aromatic rings. The van der Waals surface area contributed by atoms with Gasteiger partial charge < -0.3 is 10.4 Å². The normalized spacial score (nSPS) is 9.94. The number of hydrogen-bond donors (Lipinski definition) is 2. The minimum absolute atomic E-state index is 0.0238. The second kappa shape index (κ2) is 4.65. The SMILES string of the molecule is Cc1ccccc1NC(=O)c1ncccc1O. The van der Waals surface area contributed by atoms with Crippen LogP contribution in [0.25, 0.3) is 0 Å². The third-order valence-electron chi connectivity index (χ3n) is 2.39. The summed E-state index contributed by atoms with van der Waals surface area (Å²) >= 11 is 0. The van der Waals surface area contributed by atoms with Crippen LogP contribution in [0, 0.1) is 6.92 Å². The van der Waals surface area contributed by atoms with Gasteiger partial charge in [-0.1, -0.05) is 18.2 Å². The number of nitrogens with zero attached hydrogens (tertiary/aromatic N) is 1. The van der Waals surface area contributed by atoms with Gasteiger partial charge in [0.1, 0.15) is 5.75 Å². The molecule has 0 aliphatic heterocycles. The molecule has 0 fully saturated rings. The van der Waals surface area contributed by atoms with E-state index in [1.165, 1.54) is 12.3 Å². The zero-order valence-corrected chi connectivity index (χ0v) is 9.34. The summed E-state index contributed by atoms with van der Waals surface area (Å²) in [6.45, 7) is 1.90. The van der Waals surface area contributed by atoms with Crippen LogP contribution in [0.5, 0.6) is 5.75 Å². The molecule has 2 N–H and O–H groups in total. The first-order valence-electron chi connectivity index (χ1n) is 5.19. The van der Waals surface area contributed by atoms with Gasteiger partial charge in [-0.2, -0.15) is 0 Å². The van der Waals surface area contributed by atoms with Crippen LogP contribution in [0.1, 0.15) is 16.1 Å². The molecule has 2 rings (SSSR count). The Balaban J connectivity index is 2.24. The Morgan fingerprint density at radius 3 is 2.71 bits per heavy atom. The number of anilines is 1. The smallest absolute Gasteiger partial charge is 0.278 e. The van der Waals surface area contributed by atoms with Gasteiger partial charge in [-0.05, 0) is 30.7 Å². The Morgan fingerprint density at radius 2 is 2.00 bits per heavy atom. The van der Waals surface area contributed by atoms with Crippen molar-refractivity contribution in [2.75, 3.05) is 5.32 Å². The fourth-order valence-electron chi connectivity index (χ4n) is 1.47. The summed E-state index contributed by atoms with van der Waals surface area (Å²) < 4.78 is 0. The molecular weight excluding hydrogens is 216 g/mol. The summed E-state index contributed by atoms with van der Waals surface area (Å²) in [5.41, 5.74) is 1.69. The number of carbonyl (C=O) groups excluding carboxylic acids is 1. The molecule has 1 heterocycles. The number of aromatic nitrogens is 1. The van der Waals surface area contributed by atoms with E-state index in [0.29, 0.717) is 5.69 Å². The van der Waals surface area contributed by atoms with E-state index in [1.807, 2.05) is 25.1 Å². The molecule has 0 spiro atoms. The highest BCUT2D eigenvalue weighted by Crippen LogP contribution is 2.17. The van der Waals surface area contributed by atoms with Crippen molar-refractivity contribution in [1.29, 1.82) is 0 Å². The Bertz CT molecular complexity index is 553. The highest BCUT2D eigenvalue weighted by molar-refractivity contribution is 6.04. The highest BCUT2D eigenvalue weighted by atomic mass is 16.3. The Labute approximate surface area is 98.9 Å². The molecule has 1 aromatic carbocycles. The zero-order valence-electron chi connectivity index (χ0n) is 9.34. The molecule has 0 radical (unpaired) electrons. The molecule has 4 heteroatoms. The maximum atomic E-state index is 11.9. The minimum Gasteiger partial charge on any atom is -0.505 e. The number of para-hydroxylation sites is 1. The van der Waals surface area contributed by atoms with Gasteiger partial charge in [0, 0.05) is 11.9 Å². The van der Waals surface area contributed by atoms with Gasteiger partial charge in [-0.3, -0.25) is 4.79 Å². The van der Waals surface area contributed by atoms with E-state index in [-0.39, 0.29) is 11.4 Å². The summed E-state index contributed by atoms with van der Waals surface area (Å²) in [6.07, 6.45) is 1.46. The number of aromatic hydroxyl groups is 1. The zero-order chi connectivity index (χ0) is 12.3. The van der Waals surface area contributed by atoms with Gasteiger partial charge in [-0.25, -0.2) is 4.98 Å². The molecule has 86 valence electrons. The van der Waals surface area contributed by atoms with E-state index in [0.717, 1.165) is 5.56 Å². The van der Waals surface area contributed by atoms with Crippen LogP contribution in [0.15, 0.2) is 42.6 Å². The number of pyridine rings is 1. The van der Waals surface area contributed by atoms with E-state index in [1.54, 1.807) is 12.1 Å². The summed E-state index contributed by atoms with van der Waals surface area (Å²) in [5.74, 6) is -0.545. The molecule has 0 saturated carbocycles. The van der Waals surface area contributed by atoms with Crippen molar-refractivity contribution >= 4 is 11.6 Å². The first-order chi connectivity index (χ1) is 8.18. The van der Waals surface area contributed by atoms with Gasteiger partial charge in [0.2, 0.25) is 0 Å². The average Bonchev–Trinajstić information content (AvgIpc) is 2.32. The van der Waals surface area contributed by atoms with Crippen LogP contribution < -0.4 is 5.32 Å². The minimum atomic E-state index is -0.419. The van der Waals surface area contributed by atoms with Gasteiger partial charge in [0.25, 0.3) is 5.91 Å². The molecule has 0 aliphatic rings. The van der Waals surface area contributed by atoms with Gasteiger partial charge in [0.05, 0.1) is 0 Å². The number of hydrogen-bond acceptors (Lipinski definition) is 3. The first-order valence-corrected chi connectivity index (χ1v) is 5.19. The van der Waals surface area contributed by atoms with E-state index in [2.05, 4.69) is 10.3 Å². The molecule has 0 aliphatic carbocycles. The summed E-state index contributed by atoms with van der Waals surface area (Å²) in [7, 11) is 0. The average molecular weight is 228 g/mol. The lowest BCUT2D eigenvalue weighted by Crippen LogP contribution is -2.14. The standard InChI is InChI=1S/C13H12N2O2/c1-9-5-2-3-6-10(9)15-13(17)12-11(16)7-4-8-14-12/h2-8,16H,1H3,(H,15,17). The van der Waals surface area contributed by atoms with Crippen molar-refractivity contribution < 1.29 is 9.90 Å². The van der Waals surface area contributed by atoms with Gasteiger partial charge in [0.15, 0.2) is 5.69 Å². The number of benzene rings is 1. The largest absolute Gasteiger partial charge is 0.505 e. The Hall–Kier alpha value is -2.36. The maximum Gasteiger partial charge on any atom is 0.278 e. The number of carbonyl (C=O) groups is 1. The second-order valence-corrected chi connectivity index (χ2v) is 3.64. The highest BCUT2D eigenvalue weighted by Gasteiger charge is 2.12. The van der Waals surface area contributed by atoms with E-state index in [9.17, 15) is 9.90 Å². The molecule has 1 aromatic heterocycles. The van der Waals surface area contributed by atoms with Crippen molar-refractivity contribution in [2.45, 2.75) is 6.92 Å². The molecule has 4 nitrogen and oxygen atoms in total. The topological polar surface area (TPSA) is 62.2 Å². The predicted octanol–water partition coefficient (Wildman–Crippen LogP) is 2.35. The summed E-state index contributed by atoms with van der Waals surface area (Å²) in [5, 5.41) is 12.2. The molecule has 0 bridgehead atoms. The van der Waals surface area contributed by atoms with Crippen molar-refractivity contribution in [2.24, 2.45) is 0 Å². The third kappa shape index (κ3) is 2.42. The van der Waals surface area contributed by atoms with Crippen molar-refractivity contribution in [1.82, 2.24) is 4.98 Å². The van der Waals surface area contributed by atoms with E-state index in [4.69, 9.17) is 0 Å². The van der Waals surface area contributed by atoms with Crippen LogP contribution >= 0.6 is 0 Å². The maximum absolute atomic E-state index is 11.9. The predicted molar refractivity (Wildman–Crippen MR) is 65.0 cm³/mol. The van der Waals surface area contributed by atoms with Gasteiger partial charge >= 0.3 is 0 Å². The summed E-state index contributed by atoms with van der Waals surface area (Å²) in [6, 6.07) is 10.4. The molecule has 17 heavy (non-hydrogen) atoms. The molecule has 0 atom stereocenters. The van der Waals surface area contributed by atoms with Gasteiger partial charge in [-0.15, -0.1) is 0 Å².